The van der Waals surface area contributed by atoms with Crippen LogP contribution in [-0.4, -0.2) is 41.4 Å². The van der Waals surface area contributed by atoms with Crippen LogP contribution in [-0.2, 0) is 20.9 Å². The molecule has 1 aromatic heterocycles. The van der Waals surface area contributed by atoms with Gasteiger partial charge in [0, 0.05) is 24.3 Å². The molecule has 152 valence electrons. The first kappa shape index (κ1) is 20.7. The van der Waals surface area contributed by atoms with E-state index in [1.807, 2.05) is 49.6 Å². The molecular formula is C21H24N4O3S. The second-order valence-corrected chi connectivity index (χ2v) is 7.80. The van der Waals surface area contributed by atoms with Crippen molar-refractivity contribution in [2.24, 2.45) is 5.10 Å². The molecule has 0 saturated heterocycles. The van der Waals surface area contributed by atoms with Crippen LogP contribution in [0.4, 0.5) is 5.69 Å². The van der Waals surface area contributed by atoms with Crippen LogP contribution in [0.15, 0.2) is 46.9 Å². The second-order valence-electron chi connectivity index (χ2n) is 6.77. The van der Waals surface area contributed by atoms with Crippen molar-refractivity contribution < 1.29 is 14.4 Å². The zero-order valence-electron chi connectivity index (χ0n) is 16.6. The summed E-state index contributed by atoms with van der Waals surface area (Å²) in [6.07, 6.45) is 0.480. The first-order valence-corrected chi connectivity index (χ1v) is 10.4. The number of carbonyl (C=O) groups excluding carboxylic acids is 3. The Morgan fingerprint density at radius 2 is 2.07 bits per heavy atom. The molecule has 0 fully saturated rings. The number of carbonyl (C=O) groups is 3. The third kappa shape index (κ3) is 5.29. The Kier molecular flexibility index (Phi) is 6.77. The Labute approximate surface area is 174 Å². The van der Waals surface area contributed by atoms with Gasteiger partial charge >= 0.3 is 0 Å². The van der Waals surface area contributed by atoms with E-state index in [2.05, 4.69) is 10.4 Å². The van der Waals surface area contributed by atoms with Crippen molar-refractivity contribution in [2.75, 3.05) is 18.1 Å². The summed E-state index contributed by atoms with van der Waals surface area (Å²) in [6, 6.07) is 11.3. The number of thiophene rings is 1. The summed E-state index contributed by atoms with van der Waals surface area (Å²) in [5.41, 5.74) is 1.93. The first-order valence-electron chi connectivity index (χ1n) is 9.53. The molecule has 3 rings (SSSR count). The van der Waals surface area contributed by atoms with Gasteiger partial charge in [0.1, 0.15) is 5.71 Å². The number of benzene rings is 1. The third-order valence-corrected chi connectivity index (χ3v) is 5.45. The van der Waals surface area contributed by atoms with Gasteiger partial charge in [-0.25, -0.2) is 5.01 Å². The molecular weight excluding hydrogens is 388 g/mol. The van der Waals surface area contributed by atoms with Gasteiger partial charge in [-0.15, -0.1) is 11.3 Å². The van der Waals surface area contributed by atoms with Crippen LogP contribution in [0.25, 0.3) is 0 Å². The molecule has 1 aliphatic rings. The van der Waals surface area contributed by atoms with Crippen LogP contribution in [0.3, 0.4) is 0 Å². The van der Waals surface area contributed by atoms with Crippen molar-refractivity contribution in [3.05, 3.63) is 52.2 Å². The van der Waals surface area contributed by atoms with Gasteiger partial charge in [0.2, 0.25) is 11.8 Å². The molecule has 29 heavy (non-hydrogen) atoms. The number of hydrazone groups is 1. The van der Waals surface area contributed by atoms with E-state index in [1.54, 1.807) is 17.4 Å². The number of amides is 3. The lowest BCUT2D eigenvalue weighted by molar-refractivity contribution is -0.131. The number of nitrogens with one attached hydrogen (secondary N) is 1. The predicted octanol–water partition coefficient (Wildman–Crippen LogP) is 2.70. The normalized spacial score (nSPS) is 13.8. The largest absolute Gasteiger partial charge is 0.350 e. The molecule has 8 heteroatoms. The summed E-state index contributed by atoms with van der Waals surface area (Å²) in [6.45, 7) is 4.53. The van der Waals surface area contributed by atoms with Gasteiger partial charge in [0.25, 0.3) is 5.91 Å². The quantitative estimate of drug-likeness (QED) is 0.759. The standard InChI is InChI=1S/C21H24N4O3S/c1-3-24(14-19(26)22-13-17-8-5-11-29-17)21(28)18-9-10-20(27)25(23-18)16-7-4-6-15(2)12-16/h4-8,11-12H,3,9-10,13-14H2,1-2H3,(H,22,26). The molecule has 1 aliphatic heterocycles. The zero-order chi connectivity index (χ0) is 20.8. The van der Waals surface area contributed by atoms with Gasteiger partial charge < -0.3 is 10.2 Å². The van der Waals surface area contributed by atoms with Gasteiger partial charge in [-0.05, 0) is 43.0 Å². The van der Waals surface area contributed by atoms with Gasteiger partial charge in [-0.1, -0.05) is 18.2 Å². The van der Waals surface area contributed by atoms with E-state index in [0.717, 1.165) is 10.4 Å². The van der Waals surface area contributed by atoms with Crippen molar-refractivity contribution in [3.63, 3.8) is 0 Å². The van der Waals surface area contributed by atoms with Gasteiger partial charge in [0.15, 0.2) is 0 Å². The number of hydrogen-bond donors (Lipinski definition) is 1. The molecule has 0 bridgehead atoms. The molecule has 2 heterocycles. The van der Waals surface area contributed by atoms with Crippen LogP contribution < -0.4 is 10.3 Å². The molecule has 0 saturated carbocycles. The topological polar surface area (TPSA) is 82.1 Å². The monoisotopic (exact) mass is 412 g/mol. The van der Waals surface area contributed by atoms with E-state index in [-0.39, 0.29) is 37.1 Å². The van der Waals surface area contributed by atoms with E-state index >= 15 is 0 Å². The number of anilines is 1. The number of likely N-dealkylation sites (N-methyl/N-ethyl adjacent to an activating group) is 1. The highest BCUT2D eigenvalue weighted by Crippen LogP contribution is 2.21. The van der Waals surface area contributed by atoms with Gasteiger partial charge in [-0.3, -0.25) is 14.4 Å². The molecule has 1 aromatic carbocycles. The molecule has 3 amide bonds. The molecule has 0 radical (unpaired) electrons. The lowest BCUT2D eigenvalue weighted by Gasteiger charge is -2.26. The Bertz CT molecular complexity index is 924. The highest BCUT2D eigenvalue weighted by atomic mass is 32.1. The molecule has 0 spiro atoms. The van der Waals surface area contributed by atoms with Crippen molar-refractivity contribution in [2.45, 2.75) is 33.2 Å². The van der Waals surface area contributed by atoms with E-state index < -0.39 is 0 Å². The van der Waals surface area contributed by atoms with Crippen LogP contribution >= 0.6 is 11.3 Å². The maximum absolute atomic E-state index is 12.9. The number of hydrogen-bond acceptors (Lipinski definition) is 5. The number of rotatable bonds is 7. The Morgan fingerprint density at radius 3 is 2.76 bits per heavy atom. The minimum atomic E-state index is -0.316. The van der Waals surface area contributed by atoms with E-state index in [9.17, 15) is 14.4 Å². The second kappa shape index (κ2) is 9.47. The van der Waals surface area contributed by atoms with Crippen molar-refractivity contribution >= 4 is 40.5 Å². The molecule has 2 aromatic rings. The predicted molar refractivity (Wildman–Crippen MR) is 114 cm³/mol. The van der Waals surface area contributed by atoms with Crippen molar-refractivity contribution in [3.8, 4) is 0 Å². The maximum atomic E-state index is 12.9. The molecule has 0 atom stereocenters. The van der Waals surface area contributed by atoms with E-state index in [0.29, 0.717) is 24.5 Å². The number of nitrogens with zero attached hydrogens (tertiary/aromatic N) is 3. The van der Waals surface area contributed by atoms with Crippen LogP contribution in [0.2, 0.25) is 0 Å². The fraction of sp³-hybridized carbons (Fsp3) is 0.333. The Morgan fingerprint density at radius 1 is 1.24 bits per heavy atom. The van der Waals surface area contributed by atoms with E-state index in [4.69, 9.17) is 0 Å². The first-order chi connectivity index (χ1) is 14.0. The molecule has 1 N–H and O–H groups in total. The van der Waals surface area contributed by atoms with Crippen molar-refractivity contribution in [1.82, 2.24) is 10.2 Å². The summed E-state index contributed by atoms with van der Waals surface area (Å²) < 4.78 is 0. The SMILES string of the molecule is CCN(CC(=O)NCc1cccs1)C(=O)C1=NN(c2cccc(C)c2)C(=O)CC1. The van der Waals surface area contributed by atoms with Crippen molar-refractivity contribution in [1.29, 1.82) is 0 Å². The smallest absolute Gasteiger partial charge is 0.270 e. The number of aryl methyl sites for hydroxylation is 1. The summed E-state index contributed by atoms with van der Waals surface area (Å²) in [5.74, 6) is -0.690. The van der Waals surface area contributed by atoms with Gasteiger partial charge in [-0.2, -0.15) is 5.10 Å². The summed E-state index contributed by atoms with van der Waals surface area (Å²) in [4.78, 5) is 40.0. The molecule has 7 nitrogen and oxygen atoms in total. The minimum Gasteiger partial charge on any atom is -0.350 e. The Hall–Kier alpha value is -3.00. The summed E-state index contributed by atoms with van der Waals surface area (Å²) >= 11 is 1.57. The highest BCUT2D eigenvalue weighted by molar-refractivity contribution is 7.09. The van der Waals surface area contributed by atoms with Crippen LogP contribution in [0.5, 0.6) is 0 Å². The molecule has 0 aliphatic carbocycles. The Balaban J connectivity index is 1.68. The minimum absolute atomic E-state index is 0.0435. The summed E-state index contributed by atoms with van der Waals surface area (Å²) in [5, 5.41) is 10.4. The average Bonchev–Trinajstić information content (AvgIpc) is 3.24. The third-order valence-electron chi connectivity index (χ3n) is 4.57. The fourth-order valence-electron chi connectivity index (χ4n) is 3.01. The van der Waals surface area contributed by atoms with Gasteiger partial charge in [0.05, 0.1) is 18.8 Å². The lowest BCUT2D eigenvalue weighted by atomic mass is 10.1. The maximum Gasteiger partial charge on any atom is 0.270 e. The lowest BCUT2D eigenvalue weighted by Crippen LogP contribution is -2.45. The summed E-state index contributed by atoms with van der Waals surface area (Å²) in [7, 11) is 0. The van der Waals surface area contributed by atoms with E-state index in [1.165, 1.54) is 9.91 Å². The average molecular weight is 413 g/mol. The zero-order valence-corrected chi connectivity index (χ0v) is 17.4. The fourth-order valence-corrected chi connectivity index (χ4v) is 3.65. The molecule has 0 unspecified atom stereocenters. The van der Waals surface area contributed by atoms with Crippen LogP contribution in [0.1, 0.15) is 30.2 Å². The van der Waals surface area contributed by atoms with Crippen LogP contribution in [0, 0.1) is 6.92 Å². The highest BCUT2D eigenvalue weighted by Gasteiger charge is 2.28.